The molecule has 1 aromatic rings. The Bertz CT molecular complexity index is 631. The number of methoxy groups -OCH3 is 2. The molecule has 0 saturated heterocycles. The van der Waals surface area contributed by atoms with E-state index >= 15 is 0 Å². The molecule has 0 aromatic carbocycles. The summed E-state index contributed by atoms with van der Waals surface area (Å²) < 4.78 is 9.35. The zero-order valence-corrected chi connectivity index (χ0v) is 19.2. The van der Waals surface area contributed by atoms with E-state index in [0.29, 0.717) is 11.7 Å². The molecule has 0 spiro atoms. The molecule has 0 saturated carbocycles. The van der Waals surface area contributed by atoms with Crippen LogP contribution in [0.3, 0.4) is 0 Å². The van der Waals surface area contributed by atoms with Crippen LogP contribution in [0.5, 0.6) is 0 Å². The highest BCUT2D eigenvalue weighted by atomic mass is 35.5. The molecule has 1 atom stereocenters. The third-order valence-electron chi connectivity index (χ3n) is 3.57. The van der Waals surface area contributed by atoms with Crippen LogP contribution in [0.2, 0.25) is 5.02 Å². The van der Waals surface area contributed by atoms with Crippen LogP contribution in [-0.4, -0.2) is 38.8 Å². The van der Waals surface area contributed by atoms with Crippen molar-refractivity contribution in [1.29, 1.82) is 0 Å². The monoisotopic (exact) mass is 413 g/mol. The molecule has 0 fully saturated rings. The molecule has 160 valence electrons. The number of hydrogen-bond donors (Lipinski definition) is 2. The summed E-state index contributed by atoms with van der Waals surface area (Å²) >= 11 is 6.00. The first kappa shape index (κ1) is 28.3. The van der Waals surface area contributed by atoms with Crippen molar-refractivity contribution in [3.05, 3.63) is 46.3 Å². The summed E-state index contributed by atoms with van der Waals surface area (Å²) in [7, 11) is 4.96. The number of ether oxygens (including phenoxy) is 2. The van der Waals surface area contributed by atoms with E-state index in [0.717, 1.165) is 18.7 Å². The van der Waals surface area contributed by atoms with E-state index in [1.165, 1.54) is 11.8 Å². The van der Waals surface area contributed by atoms with Gasteiger partial charge in [-0.05, 0) is 32.3 Å². The zero-order valence-electron chi connectivity index (χ0n) is 18.4. The molecule has 0 aliphatic carbocycles. The zero-order chi connectivity index (χ0) is 22.1. The predicted octanol–water partition coefficient (Wildman–Crippen LogP) is 5.06. The summed E-state index contributed by atoms with van der Waals surface area (Å²) in [6.07, 6.45) is 6.41. The van der Waals surface area contributed by atoms with Crippen molar-refractivity contribution in [2.75, 3.05) is 33.3 Å². The van der Waals surface area contributed by atoms with Gasteiger partial charge in [-0.2, -0.15) is 0 Å². The topological polar surface area (TPSA) is 86.5 Å². The highest BCUT2D eigenvalue weighted by Gasteiger charge is 2.08. The van der Waals surface area contributed by atoms with Gasteiger partial charge in [0.05, 0.1) is 10.6 Å². The number of nitrogens with zero attached hydrogens (tertiary/aromatic N) is 1. The van der Waals surface area contributed by atoms with Crippen molar-refractivity contribution in [2.45, 2.75) is 41.0 Å². The van der Waals surface area contributed by atoms with Crippen LogP contribution in [0.1, 0.15) is 51.4 Å². The Labute approximate surface area is 175 Å². The highest BCUT2D eigenvalue weighted by molar-refractivity contribution is 6.33. The number of nitrogens with two attached hydrogens (primary N) is 1. The molecule has 7 heteroatoms. The molecule has 1 amide bonds. The Morgan fingerprint density at radius 2 is 1.86 bits per heavy atom. The summed E-state index contributed by atoms with van der Waals surface area (Å²) in [5.74, 6) is 0.429. The van der Waals surface area contributed by atoms with Crippen LogP contribution >= 0.6 is 11.6 Å². The Balaban J connectivity index is 0. The molecule has 1 rings (SSSR count). The van der Waals surface area contributed by atoms with Gasteiger partial charge in [0, 0.05) is 45.9 Å². The smallest absolute Gasteiger partial charge is 0.251 e. The fraction of sp³-hybridized carbons (Fsp3) is 0.524. The summed E-state index contributed by atoms with van der Waals surface area (Å²) in [6, 6.07) is 1.58. The number of pyridine rings is 1. The second-order valence-electron chi connectivity index (χ2n) is 5.89. The molecule has 0 aliphatic rings. The van der Waals surface area contributed by atoms with Gasteiger partial charge in [-0.3, -0.25) is 4.79 Å². The molecule has 0 radical (unpaired) electrons. The first-order valence-corrected chi connectivity index (χ1v) is 9.61. The maximum absolute atomic E-state index is 11.1. The Morgan fingerprint density at radius 3 is 2.32 bits per heavy atom. The van der Waals surface area contributed by atoms with Crippen LogP contribution in [-0.2, 0) is 9.47 Å². The van der Waals surface area contributed by atoms with E-state index in [1.54, 1.807) is 27.4 Å². The van der Waals surface area contributed by atoms with Gasteiger partial charge >= 0.3 is 0 Å². The Kier molecular flexibility index (Phi) is 17.4. The van der Waals surface area contributed by atoms with Crippen molar-refractivity contribution in [1.82, 2.24) is 4.98 Å². The first-order chi connectivity index (χ1) is 13.3. The Morgan fingerprint density at radius 1 is 1.29 bits per heavy atom. The molecule has 3 N–H and O–H groups in total. The molecular weight excluding hydrogens is 378 g/mol. The van der Waals surface area contributed by atoms with E-state index in [4.69, 9.17) is 22.1 Å². The lowest BCUT2D eigenvalue weighted by Gasteiger charge is -2.11. The number of hydrogen-bond acceptors (Lipinski definition) is 5. The van der Waals surface area contributed by atoms with Crippen molar-refractivity contribution < 1.29 is 14.3 Å². The van der Waals surface area contributed by atoms with Crippen LogP contribution in [0.4, 0.5) is 5.82 Å². The van der Waals surface area contributed by atoms with Gasteiger partial charge in [-0.15, -0.1) is 0 Å². The molecule has 0 aliphatic heterocycles. The normalized spacial score (nSPS) is 12.2. The van der Waals surface area contributed by atoms with Gasteiger partial charge in [-0.25, -0.2) is 4.98 Å². The van der Waals surface area contributed by atoms with Crippen molar-refractivity contribution >= 4 is 23.3 Å². The van der Waals surface area contributed by atoms with Gasteiger partial charge < -0.3 is 20.5 Å². The molecule has 1 unspecified atom stereocenters. The third kappa shape index (κ3) is 12.5. The van der Waals surface area contributed by atoms with Crippen molar-refractivity contribution in [2.24, 2.45) is 11.7 Å². The fourth-order valence-electron chi connectivity index (χ4n) is 1.87. The van der Waals surface area contributed by atoms with Crippen LogP contribution in [0.15, 0.2) is 35.7 Å². The second-order valence-corrected chi connectivity index (χ2v) is 6.30. The number of primary amides is 1. The van der Waals surface area contributed by atoms with E-state index in [-0.39, 0.29) is 10.6 Å². The summed E-state index contributed by atoms with van der Waals surface area (Å²) in [5, 5.41) is 3.41. The van der Waals surface area contributed by atoms with Gasteiger partial charge in [0.15, 0.2) is 0 Å². The average molecular weight is 414 g/mol. The highest BCUT2D eigenvalue weighted by Crippen LogP contribution is 2.19. The number of anilines is 1. The Hall–Kier alpha value is -1.89. The first-order valence-electron chi connectivity index (χ1n) is 9.23. The molecule has 6 nitrogen and oxygen atoms in total. The molecular formula is C21H36ClN3O3. The van der Waals surface area contributed by atoms with Crippen molar-refractivity contribution in [3.63, 3.8) is 0 Å². The number of amides is 1. The van der Waals surface area contributed by atoms with Crippen LogP contribution in [0, 0.1) is 5.92 Å². The SMILES string of the molecule is CC.COC.COCCC(C)/C(C)=C/C=C(\C)Nc1cc(Cl)c(C(N)=O)cn1. The predicted molar refractivity (Wildman–Crippen MR) is 119 cm³/mol. The lowest BCUT2D eigenvalue weighted by atomic mass is 9.99. The van der Waals surface area contributed by atoms with Crippen LogP contribution in [0.25, 0.3) is 0 Å². The standard InChI is InChI=1S/C17H24ClN3O2.C2H6O.C2H6/c1-11(12(2)7-8-23-4)5-6-13(3)21-16-9-15(18)14(10-20-16)17(19)22;1-3-2;1-2/h5-6,9-10,12H,7-8H2,1-4H3,(H2,19,22)(H,20,21);1-2H3;1-2H3/b11-5+,13-6+;;. The van der Waals surface area contributed by atoms with E-state index in [2.05, 4.69) is 35.0 Å². The summed E-state index contributed by atoms with van der Waals surface area (Å²) in [5.41, 5.74) is 7.60. The average Bonchev–Trinajstić information content (AvgIpc) is 2.66. The largest absolute Gasteiger partial charge is 0.388 e. The number of carbonyl (C=O) groups excluding carboxylic acids is 1. The molecule has 1 heterocycles. The van der Waals surface area contributed by atoms with Gasteiger partial charge in [0.2, 0.25) is 0 Å². The van der Waals surface area contributed by atoms with Gasteiger partial charge in [0.25, 0.3) is 5.91 Å². The maximum Gasteiger partial charge on any atom is 0.251 e. The fourth-order valence-corrected chi connectivity index (χ4v) is 2.11. The number of rotatable bonds is 8. The second kappa shape index (κ2) is 17.2. The van der Waals surface area contributed by atoms with E-state index in [1.807, 2.05) is 26.8 Å². The molecule has 0 bridgehead atoms. The number of allylic oxidation sites excluding steroid dienone is 4. The number of nitrogens with one attached hydrogen (secondary N) is 1. The quantitative estimate of drug-likeness (QED) is 0.582. The third-order valence-corrected chi connectivity index (χ3v) is 3.89. The van der Waals surface area contributed by atoms with Crippen molar-refractivity contribution in [3.8, 4) is 0 Å². The van der Waals surface area contributed by atoms with Gasteiger partial charge in [0.1, 0.15) is 5.82 Å². The minimum absolute atomic E-state index is 0.210. The summed E-state index contributed by atoms with van der Waals surface area (Å²) in [4.78, 5) is 15.2. The van der Waals surface area contributed by atoms with Crippen LogP contribution < -0.4 is 11.1 Å². The number of carbonyl (C=O) groups is 1. The lowest BCUT2D eigenvalue weighted by Crippen LogP contribution is -2.12. The molecule has 28 heavy (non-hydrogen) atoms. The number of halogens is 1. The minimum Gasteiger partial charge on any atom is -0.388 e. The van der Waals surface area contributed by atoms with Gasteiger partial charge in [-0.1, -0.05) is 44.0 Å². The summed E-state index contributed by atoms with van der Waals surface area (Å²) in [6.45, 7) is 11.0. The van der Waals surface area contributed by atoms with E-state index in [9.17, 15) is 4.79 Å². The van der Waals surface area contributed by atoms with E-state index < -0.39 is 5.91 Å². The molecule has 1 aromatic heterocycles. The maximum atomic E-state index is 11.1. The minimum atomic E-state index is -0.593. The number of aromatic nitrogens is 1. The lowest BCUT2D eigenvalue weighted by molar-refractivity contribution is 0.1000.